The number of halogens is 3. The molecule has 0 heterocycles. The first-order valence-electron chi connectivity index (χ1n) is 12.0. The van der Waals surface area contributed by atoms with Gasteiger partial charge >= 0.3 is 12.3 Å². The standard InChI is InChI=1S/C28H34F3N3O4/c1-27(2,3)38-26(37)34(5)18-17-33(4)25(36)23(19-21-9-7-6-8-10-21)32-24(35)16-13-20-11-14-22(15-12-20)28(29,30)31/h6-16,23H,17-19H2,1-5H3,(H,32,35)/b16-13+/t23-/m0/s1. The maximum atomic E-state index is 13.2. The summed E-state index contributed by atoms with van der Waals surface area (Å²) in [4.78, 5) is 40.9. The highest BCUT2D eigenvalue weighted by Gasteiger charge is 2.30. The minimum absolute atomic E-state index is 0.205. The number of ether oxygens (including phenoxy) is 1. The lowest BCUT2D eigenvalue weighted by Crippen LogP contribution is -2.50. The smallest absolute Gasteiger partial charge is 0.416 e. The van der Waals surface area contributed by atoms with E-state index in [0.29, 0.717) is 5.56 Å². The molecule has 0 saturated heterocycles. The normalized spacial score (nSPS) is 12.6. The van der Waals surface area contributed by atoms with E-state index in [9.17, 15) is 27.6 Å². The Hall–Kier alpha value is -3.82. The predicted molar refractivity (Wildman–Crippen MR) is 139 cm³/mol. The summed E-state index contributed by atoms with van der Waals surface area (Å²) in [6.07, 6.45) is -2.19. The van der Waals surface area contributed by atoms with E-state index in [-0.39, 0.29) is 25.4 Å². The van der Waals surface area contributed by atoms with Crippen LogP contribution in [0.2, 0.25) is 0 Å². The maximum Gasteiger partial charge on any atom is 0.416 e. The van der Waals surface area contributed by atoms with E-state index in [0.717, 1.165) is 17.7 Å². The van der Waals surface area contributed by atoms with Crippen LogP contribution in [-0.4, -0.2) is 66.5 Å². The van der Waals surface area contributed by atoms with Gasteiger partial charge in [0, 0.05) is 39.7 Å². The zero-order chi connectivity index (χ0) is 28.5. The first-order chi connectivity index (χ1) is 17.7. The second kappa shape index (κ2) is 13.1. The molecule has 7 nitrogen and oxygen atoms in total. The van der Waals surface area contributed by atoms with Crippen LogP contribution in [0.3, 0.4) is 0 Å². The number of benzene rings is 2. The zero-order valence-corrected chi connectivity index (χ0v) is 22.2. The molecule has 0 fully saturated rings. The van der Waals surface area contributed by atoms with Gasteiger partial charge in [-0.25, -0.2) is 4.79 Å². The molecule has 0 unspecified atom stereocenters. The van der Waals surface area contributed by atoms with Crippen LogP contribution in [0.15, 0.2) is 60.7 Å². The summed E-state index contributed by atoms with van der Waals surface area (Å²) in [7, 11) is 3.15. The molecule has 1 N–H and O–H groups in total. The number of nitrogens with one attached hydrogen (secondary N) is 1. The van der Waals surface area contributed by atoms with E-state index in [1.165, 1.54) is 34.1 Å². The average molecular weight is 534 g/mol. The Balaban J connectivity index is 2.07. The molecule has 0 aliphatic heterocycles. The molecule has 0 aromatic heterocycles. The molecule has 0 aliphatic carbocycles. The van der Waals surface area contributed by atoms with Gasteiger partial charge in [0.2, 0.25) is 11.8 Å². The number of likely N-dealkylation sites (N-methyl/N-ethyl adjacent to an activating group) is 2. The van der Waals surface area contributed by atoms with Crippen LogP contribution in [0.5, 0.6) is 0 Å². The van der Waals surface area contributed by atoms with Crippen molar-refractivity contribution in [2.24, 2.45) is 0 Å². The van der Waals surface area contributed by atoms with Gasteiger partial charge in [-0.2, -0.15) is 13.2 Å². The first kappa shape index (κ1) is 30.4. The van der Waals surface area contributed by atoms with Crippen molar-refractivity contribution in [1.29, 1.82) is 0 Å². The van der Waals surface area contributed by atoms with Gasteiger partial charge in [-0.15, -0.1) is 0 Å². The summed E-state index contributed by atoms with van der Waals surface area (Å²) in [5.74, 6) is -0.929. The molecule has 2 aromatic carbocycles. The number of carbonyl (C=O) groups is 3. The van der Waals surface area contributed by atoms with Gasteiger partial charge in [0.05, 0.1) is 5.56 Å². The third-order valence-electron chi connectivity index (χ3n) is 5.41. The van der Waals surface area contributed by atoms with Gasteiger partial charge < -0.3 is 19.9 Å². The molecule has 2 rings (SSSR count). The number of amides is 3. The fourth-order valence-electron chi connectivity index (χ4n) is 3.33. The third kappa shape index (κ3) is 10.3. The molecule has 10 heteroatoms. The molecule has 206 valence electrons. The molecule has 0 aliphatic rings. The van der Waals surface area contributed by atoms with Crippen LogP contribution in [0.4, 0.5) is 18.0 Å². The number of hydrogen-bond acceptors (Lipinski definition) is 4. The third-order valence-corrected chi connectivity index (χ3v) is 5.41. The van der Waals surface area contributed by atoms with Gasteiger partial charge in [-0.3, -0.25) is 9.59 Å². The van der Waals surface area contributed by atoms with Gasteiger partial charge in [0.25, 0.3) is 0 Å². The fraction of sp³-hybridized carbons (Fsp3) is 0.393. The Morgan fingerprint density at radius 2 is 1.50 bits per heavy atom. The largest absolute Gasteiger partial charge is 0.444 e. The summed E-state index contributed by atoms with van der Waals surface area (Å²) in [5, 5.41) is 2.69. The Kier molecular flexibility index (Phi) is 10.5. The number of nitrogens with zero attached hydrogens (tertiary/aromatic N) is 2. The lowest BCUT2D eigenvalue weighted by molar-refractivity contribution is -0.137. The SMILES string of the molecule is CN(CCN(C)C(=O)[C@H](Cc1ccccc1)NC(=O)/C=C/c1ccc(C(F)(F)F)cc1)C(=O)OC(C)(C)C. The van der Waals surface area contributed by atoms with Crippen molar-refractivity contribution >= 4 is 24.0 Å². The summed E-state index contributed by atoms with van der Waals surface area (Å²) in [6.45, 7) is 5.71. The summed E-state index contributed by atoms with van der Waals surface area (Å²) < 4.78 is 43.6. The quantitative estimate of drug-likeness (QED) is 0.471. The molecule has 3 amide bonds. The maximum absolute atomic E-state index is 13.2. The first-order valence-corrected chi connectivity index (χ1v) is 12.0. The number of carbonyl (C=O) groups excluding carboxylic acids is 3. The van der Waals surface area contributed by atoms with Gasteiger partial charge in [0.1, 0.15) is 11.6 Å². The van der Waals surface area contributed by atoms with Crippen LogP contribution in [-0.2, 0) is 26.9 Å². The zero-order valence-electron chi connectivity index (χ0n) is 22.2. The Labute approximate surface area is 221 Å². The van der Waals surface area contributed by atoms with E-state index in [1.54, 1.807) is 34.9 Å². The second-order valence-electron chi connectivity index (χ2n) is 9.87. The monoisotopic (exact) mass is 533 g/mol. The van der Waals surface area contributed by atoms with Crippen LogP contribution in [0.25, 0.3) is 6.08 Å². The van der Waals surface area contributed by atoms with Crippen molar-refractivity contribution in [2.45, 2.75) is 45.0 Å². The number of alkyl halides is 3. The van der Waals surface area contributed by atoms with Crippen LogP contribution < -0.4 is 5.32 Å². The molecule has 2 aromatic rings. The van der Waals surface area contributed by atoms with Crippen molar-refractivity contribution < 1.29 is 32.3 Å². The highest BCUT2D eigenvalue weighted by molar-refractivity contribution is 5.95. The fourth-order valence-corrected chi connectivity index (χ4v) is 3.33. The molecule has 0 spiro atoms. The minimum atomic E-state index is -4.45. The number of hydrogen-bond donors (Lipinski definition) is 1. The molecular formula is C28H34F3N3O4. The van der Waals surface area contributed by atoms with Crippen LogP contribution in [0, 0.1) is 0 Å². The Bertz CT molecular complexity index is 1110. The topological polar surface area (TPSA) is 79.0 Å². The van der Waals surface area contributed by atoms with Crippen molar-refractivity contribution in [3.8, 4) is 0 Å². The van der Waals surface area contributed by atoms with E-state index in [4.69, 9.17) is 4.74 Å². The van der Waals surface area contributed by atoms with E-state index in [2.05, 4.69) is 5.32 Å². The van der Waals surface area contributed by atoms with Crippen molar-refractivity contribution in [3.05, 3.63) is 77.4 Å². The highest BCUT2D eigenvalue weighted by Crippen LogP contribution is 2.29. The molecule has 0 radical (unpaired) electrons. The summed E-state index contributed by atoms with van der Waals surface area (Å²) in [5.41, 5.74) is -0.196. The van der Waals surface area contributed by atoms with E-state index >= 15 is 0 Å². The Morgan fingerprint density at radius 1 is 0.921 bits per heavy atom. The van der Waals surface area contributed by atoms with Crippen molar-refractivity contribution in [3.63, 3.8) is 0 Å². The lowest BCUT2D eigenvalue weighted by atomic mass is 10.0. The van der Waals surface area contributed by atoms with Gasteiger partial charge in [0.15, 0.2) is 0 Å². The Morgan fingerprint density at radius 3 is 2.05 bits per heavy atom. The lowest BCUT2D eigenvalue weighted by Gasteiger charge is -2.28. The second-order valence-corrected chi connectivity index (χ2v) is 9.87. The molecular weight excluding hydrogens is 499 g/mol. The van der Waals surface area contributed by atoms with Crippen molar-refractivity contribution in [1.82, 2.24) is 15.1 Å². The summed E-state index contributed by atoms with van der Waals surface area (Å²) in [6, 6.07) is 12.6. The van der Waals surface area contributed by atoms with E-state index < -0.39 is 35.4 Å². The van der Waals surface area contributed by atoms with E-state index in [1.807, 2.05) is 30.3 Å². The molecule has 38 heavy (non-hydrogen) atoms. The van der Waals surface area contributed by atoms with Crippen LogP contribution >= 0.6 is 0 Å². The number of rotatable bonds is 9. The molecule has 0 bridgehead atoms. The molecule has 0 saturated carbocycles. The molecule has 1 atom stereocenters. The minimum Gasteiger partial charge on any atom is -0.444 e. The summed E-state index contributed by atoms with van der Waals surface area (Å²) >= 11 is 0. The average Bonchev–Trinajstić information content (AvgIpc) is 2.84. The van der Waals surface area contributed by atoms with Crippen molar-refractivity contribution in [2.75, 3.05) is 27.2 Å². The highest BCUT2D eigenvalue weighted by atomic mass is 19.4. The van der Waals surface area contributed by atoms with Gasteiger partial charge in [-0.1, -0.05) is 42.5 Å². The predicted octanol–water partition coefficient (Wildman–Crippen LogP) is 4.77. The van der Waals surface area contributed by atoms with Gasteiger partial charge in [-0.05, 0) is 50.1 Å². The van der Waals surface area contributed by atoms with Crippen LogP contribution in [0.1, 0.15) is 37.5 Å².